The van der Waals surface area contributed by atoms with Crippen molar-refractivity contribution in [3.05, 3.63) is 101 Å². The summed E-state index contributed by atoms with van der Waals surface area (Å²) in [5, 5.41) is 0. The first-order chi connectivity index (χ1) is 15.0. The number of rotatable bonds is 6. The van der Waals surface area contributed by atoms with Gasteiger partial charge < -0.3 is 4.74 Å². The van der Waals surface area contributed by atoms with Crippen LogP contribution in [0.4, 0.5) is 0 Å². The van der Waals surface area contributed by atoms with Gasteiger partial charge in [0, 0.05) is 12.0 Å². The summed E-state index contributed by atoms with van der Waals surface area (Å²) < 4.78 is 5.50. The van der Waals surface area contributed by atoms with Gasteiger partial charge in [-0.1, -0.05) is 42.5 Å². The molecule has 6 nitrogen and oxygen atoms in total. The zero-order valence-electron chi connectivity index (χ0n) is 16.8. The Bertz CT molecular complexity index is 1130. The van der Waals surface area contributed by atoms with Gasteiger partial charge in [-0.15, -0.1) is 0 Å². The average molecular weight is 413 g/mol. The number of hydrogen-bond acceptors (Lipinski definition) is 5. The lowest BCUT2D eigenvalue weighted by molar-refractivity contribution is -0.138. The molecule has 1 aliphatic rings. The summed E-state index contributed by atoms with van der Waals surface area (Å²) in [5.74, 6) is -1.65. The molecule has 2 amide bonds. The van der Waals surface area contributed by atoms with E-state index in [1.54, 1.807) is 36.4 Å². The van der Waals surface area contributed by atoms with E-state index >= 15 is 0 Å². The van der Waals surface area contributed by atoms with E-state index in [1.807, 2.05) is 30.3 Å². The molecule has 0 saturated heterocycles. The zero-order chi connectivity index (χ0) is 22.0. The van der Waals surface area contributed by atoms with Gasteiger partial charge in [0.1, 0.15) is 11.8 Å². The van der Waals surface area contributed by atoms with E-state index in [0.717, 1.165) is 10.5 Å². The number of amides is 2. The zero-order valence-corrected chi connectivity index (χ0v) is 16.8. The van der Waals surface area contributed by atoms with Crippen molar-refractivity contribution in [1.29, 1.82) is 0 Å². The summed E-state index contributed by atoms with van der Waals surface area (Å²) in [4.78, 5) is 51.5. The molecule has 0 saturated carbocycles. The number of imide groups is 1. The fraction of sp³-hybridized carbons (Fsp3) is 0.120. The number of esters is 1. The fourth-order valence-electron chi connectivity index (χ4n) is 3.55. The Morgan fingerprint density at radius 2 is 1.35 bits per heavy atom. The van der Waals surface area contributed by atoms with Crippen LogP contribution < -0.4 is 4.74 Å². The van der Waals surface area contributed by atoms with E-state index < -0.39 is 23.8 Å². The van der Waals surface area contributed by atoms with Crippen LogP contribution in [0.2, 0.25) is 0 Å². The number of benzene rings is 3. The van der Waals surface area contributed by atoms with E-state index in [9.17, 15) is 19.2 Å². The number of fused-ring (bicyclic) bond motifs is 1. The lowest BCUT2D eigenvalue weighted by Crippen LogP contribution is -2.48. The van der Waals surface area contributed by atoms with Gasteiger partial charge in [-0.3, -0.25) is 19.3 Å². The number of hydrogen-bond donors (Lipinski definition) is 0. The number of carbonyl (C=O) groups is 4. The Morgan fingerprint density at radius 3 is 1.90 bits per heavy atom. The predicted molar refractivity (Wildman–Crippen MR) is 113 cm³/mol. The Morgan fingerprint density at radius 1 is 0.806 bits per heavy atom. The van der Waals surface area contributed by atoms with Gasteiger partial charge in [-0.05, 0) is 48.9 Å². The Labute approximate surface area is 179 Å². The number of Topliss-reactive ketones (excluding diaryl/α,β-unsaturated/α-hetero) is 1. The van der Waals surface area contributed by atoms with Crippen LogP contribution in [0.15, 0.2) is 78.9 Å². The molecule has 0 spiro atoms. The van der Waals surface area contributed by atoms with Crippen molar-refractivity contribution in [2.45, 2.75) is 19.4 Å². The molecule has 3 aromatic rings. The summed E-state index contributed by atoms with van der Waals surface area (Å²) in [6.45, 7) is 1.44. The molecule has 154 valence electrons. The molecular weight excluding hydrogens is 394 g/mol. The molecule has 3 aromatic carbocycles. The minimum Gasteiger partial charge on any atom is -0.425 e. The quantitative estimate of drug-likeness (QED) is 0.266. The summed E-state index contributed by atoms with van der Waals surface area (Å²) >= 11 is 0. The van der Waals surface area contributed by atoms with E-state index in [4.69, 9.17) is 4.74 Å². The maximum Gasteiger partial charge on any atom is 0.335 e. The van der Waals surface area contributed by atoms with Crippen molar-refractivity contribution in [1.82, 2.24) is 4.90 Å². The maximum absolute atomic E-state index is 13.1. The second-order valence-corrected chi connectivity index (χ2v) is 7.23. The van der Waals surface area contributed by atoms with Crippen LogP contribution in [0.3, 0.4) is 0 Å². The summed E-state index contributed by atoms with van der Waals surface area (Å²) in [6, 6.07) is 20.6. The molecule has 0 aliphatic carbocycles. The molecular formula is C25H19NO5. The van der Waals surface area contributed by atoms with Gasteiger partial charge in [0.25, 0.3) is 11.8 Å². The molecule has 0 unspecified atom stereocenters. The Kier molecular flexibility index (Phi) is 5.45. The second kappa shape index (κ2) is 8.36. The molecule has 1 heterocycles. The largest absolute Gasteiger partial charge is 0.425 e. The van der Waals surface area contributed by atoms with E-state index in [0.29, 0.717) is 5.56 Å². The molecule has 0 N–H and O–H groups in total. The summed E-state index contributed by atoms with van der Waals surface area (Å²) in [6.07, 6.45) is 0.122. The lowest BCUT2D eigenvalue weighted by Gasteiger charge is -2.24. The first kappa shape index (κ1) is 20.2. The van der Waals surface area contributed by atoms with Gasteiger partial charge in [-0.25, -0.2) is 4.79 Å². The van der Waals surface area contributed by atoms with Gasteiger partial charge in [0.05, 0.1) is 11.1 Å². The number of carbonyl (C=O) groups excluding carboxylic acids is 4. The van der Waals surface area contributed by atoms with Crippen molar-refractivity contribution < 1.29 is 23.9 Å². The second-order valence-electron chi connectivity index (χ2n) is 7.23. The SMILES string of the molecule is CC(=O)c1ccc(OC(=O)[C@H](Cc2ccccc2)N2C(=O)c3ccccc3C2=O)cc1. The van der Waals surface area contributed by atoms with Crippen LogP contribution >= 0.6 is 0 Å². The van der Waals surface area contributed by atoms with Crippen molar-refractivity contribution in [3.8, 4) is 5.75 Å². The highest BCUT2D eigenvalue weighted by Gasteiger charge is 2.43. The first-order valence-corrected chi connectivity index (χ1v) is 9.79. The average Bonchev–Trinajstić information content (AvgIpc) is 3.03. The van der Waals surface area contributed by atoms with Crippen molar-refractivity contribution in [3.63, 3.8) is 0 Å². The molecule has 0 bridgehead atoms. The molecule has 0 aromatic heterocycles. The first-order valence-electron chi connectivity index (χ1n) is 9.79. The molecule has 1 atom stereocenters. The van der Waals surface area contributed by atoms with E-state index in [2.05, 4.69) is 0 Å². The highest BCUT2D eigenvalue weighted by atomic mass is 16.5. The minimum atomic E-state index is -1.14. The molecule has 0 fully saturated rings. The summed E-state index contributed by atoms with van der Waals surface area (Å²) in [5.41, 5.74) is 1.81. The molecule has 31 heavy (non-hydrogen) atoms. The van der Waals surface area contributed by atoms with Crippen LogP contribution in [0, 0.1) is 0 Å². The van der Waals surface area contributed by atoms with Crippen molar-refractivity contribution in [2.24, 2.45) is 0 Å². The smallest absolute Gasteiger partial charge is 0.335 e. The Balaban J connectivity index is 1.65. The number of nitrogens with zero attached hydrogens (tertiary/aromatic N) is 1. The Hall–Kier alpha value is -4.06. The molecule has 6 heteroatoms. The van der Waals surface area contributed by atoms with Crippen LogP contribution in [-0.4, -0.2) is 34.5 Å². The standard InChI is InChI=1S/C25H19NO5/c1-16(27)18-11-13-19(14-12-18)31-25(30)22(15-17-7-3-2-4-8-17)26-23(28)20-9-5-6-10-21(20)24(26)29/h2-14,22H,15H2,1H3/t22-/m0/s1. The van der Waals surface area contributed by atoms with Gasteiger partial charge >= 0.3 is 5.97 Å². The van der Waals surface area contributed by atoms with E-state index in [-0.39, 0.29) is 29.1 Å². The number of ketones is 1. The topological polar surface area (TPSA) is 80.8 Å². The third-order valence-electron chi connectivity index (χ3n) is 5.16. The lowest BCUT2D eigenvalue weighted by atomic mass is 10.0. The van der Waals surface area contributed by atoms with Crippen LogP contribution in [-0.2, 0) is 11.2 Å². The molecule has 1 aliphatic heterocycles. The third kappa shape index (κ3) is 4.00. The maximum atomic E-state index is 13.1. The van der Waals surface area contributed by atoms with Crippen molar-refractivity contribution >= 4 is 23.6 Å². The van der Waals surface area contributed by atoms with Crippen LogP contribution in [0.25, 0.3) is 0 Å². The van der Waals surface area contributed by atoms with Crippen LogP contribution in [0.1, 0.15) is 43.6 Å². The minimum absolute atomic E-state index is 0.106. The van der Waals surface area contributed by atoms with Crippen molar-refractivity contribution in [2.75, 3.05) is 0 Å². The molecule has 4 rings (SSSR count). The monoisotopic (exact) mass is 413 g/mol. The van der Waals surface area contributed by atoms with Gasteiger partial charge in [0.15, 0.2) is 5.78 Å². The van der Waals surface area contributed by atoms with Gasteiger partial charge in [-0.2, -0.15) is 0 Å². The highest BCUT2D eigenvalue weighted by molar-refractivity contribution is 6.22. The predicted octanol–water partition coefficient (Wildman–Crippen LogP) is 3.70. The van der Waals surface area contributed by atoms with Crippen LogP contribution in [0.5, 0.6) is 5.75 Å². The highest BCUT2D eigenvalue weighted by Crippen LogP contribution is 2.27. The fourth-order valence-corrected chi connectivity index (χ4v) is 3.55. The summed E-state index contributed by atoms with van der Waals surface area (Å²) in [7, 11) is 0. The van der Waals surface area contributed by atoms with E-state index in [1.165, 1.54) is 19.1 Å². The normalized spacial score (nSPS) is 13.6. The number of ether oxygens (including phenoxy) is 1. The molecule has 0 radical (unpaired) electrons. The third-order valence-corrected chi connectivity index (χ3v) is 5.16. The van der Waals surface area contributed by atoms with Gasteiger partial charge in [0.2, 0.25) is 0 Å².